The van der Waals surface area contributed by atoms with E-state index in [-0.39, 0.29) is 5.82 Å². The highest BCUT2D eigenvalue weighted by atomic mass is 79.9. The van der Waals surface area contributed by atoms with Gasteiger partial charge in [0, 0.05) is 16.9 Å². The van der Waals surface area contributed by atoms with Crippen LogP contribution in [-0.2, 0) is 6.18 Å². The first-order chi connectivity index (χ1) is 14.3. The van der Waals surface area contributed by atoms with E-state index in [9.17, 15) is 13.2 Å². The Bertz CT molecular complexity index is 1190. The van der Waals surface area contributed by atoms with Crippen molar-refractivity contribution in [3.05, 3.63) is 70.6 Å². The maximum atomic E-state index is 12.9. The number of nitrogens with zero attached hydrogens (tertiary/aromatic N) is 6. The molecule has 7 nitrogen and oxygen atoms in total. The normalized spacial score (nSPS) is 11.5. The molecule has 4 heterocycles. The molecule has 4 rings (SSSR count). The molecule has 1 N–H and O–H groups in total. The lowest BCUT2D eigenvalue weighted by Gasteiger charge is -2.10. The third kappa shape index (κ3) is 4.46. The van der Waals surface area contributed by atoms with Crippen LogP contribution in [0, 0.1) is 6.92 Å². The number of hydrogen-bond donors (Lipinski definition) is 1. The topological polar surface area (TPSA) is 81.4 Å². The van der Waals surface area contributed by atoms with Gasteiger partial charge >= 0.3 is 6.18 Å². The van der Waals surface area contributed by atoms with E-state index in [1.54, 1.807) is 30.6 Å². The Morgan fingerprint density at radius 1 is 1.00 bits per heavy atom. The molecule has 30 heavy (non-hydrogen) atoms. The van der Waals surface area contributed by atoms with Crippen LogP contribution in [0.3, 0.4) is 0 Å². The van der Waals surface area contributed by atoms with Crippen molar-refractivity contribution >= 4 is 27.6 Å². The van der Waals surface area contributed by atoms with Crippen LogP contribution in [0.15, 0.2) is 59.5 Å². The summed E-state index contributed by atoms with van der Waals surface area (Å²) >= 11 is 3.33. The molecule has 0 saturated carbocycles. The first kappa shape index (κ1) is 20.0. The molecule has 152 valence electrons. The number of hydrogen-bond acceptors (Lipinski definition) is 6. The minimum absolute atomic E-state index is 0.0385. The molecule has 0 atom stereocenters. The standard InChI is InChI=1S/C19H13BrF3N7/c1-11-6-14(15-10-30(29-28-15)18-3-2-13(20)9-25-18)26-17(7-11)27-16-8-12(4-5-24-16)19(21,22)23/h2-10H,1H3,(H,24,26,27). The Balaban J connectivity index is 1.62. The summed E-state index contributed by atoms with van der Waals surface area (Å²) in [6, 6.07) is 8.95. The van der Waals surface area contributed by atoms with Crippen LogP contribution >= 0.6 is 15.9 Å². The van der Waals surface area contributed by atoms with Gasteiger partial charge in [-0.25, -0.2) is 19.6 Å². The van der Waals surface area contributed by atoms with E-state index in [0.717, 1.165) is 28.4 Å². The van der Waals surface area contributed by atoms with E-state index in [2.05, 4.69) is 46.5 Å². The van der Waals surface area contributed by atoms with Gasteiger partial charge in [0.25, 0.3) is 0 Å². The van der Waals surface area contributed by atoms with E-state index < -0.39 is 11.7 Å². The van der Waals surface area contributed by atoms with Gasteiger partial charge in [0.05, 0.1) is 17.5 Å². The Kier molecular flexibility index (Phi) is 5.20. The minimum atomic E-state index is -4.45. The van der Waals surface area contributed by atoms with Crippen LogP contribution in [0.25, 0.3) is 17.2 Å². The van der Waals surface area contributed by atoms with Crippen molar-refractivity contribution in [3.63, 3.8) is 0 Å². The highest BCUT2D eigenvalue weighted by Crippen LogP contribution is 2.30. The molecule has 0 aliphatic rings. The Morgan fingerprint density at radius 2 is 1.83 bits per heavy atom. The van der Waals surface area contributed by atoms with Crippen LogP contribution in [0.4, 0.5) is 24.8 Å². The van der Waals surface area contributed by atoms with Crippen LogP contribution in [0.2, 0.25) is 0 Å². The maximum Gasteiger partial charge on any atom is 0.416 e. The molecule has 4 aromatic heterocycles. The predicted octanol–water partition coefficient (Wildman–Crippen LogP) is 4.95. The second-order valence-corrected chi connectivity index (χ2v) is 7.27. The summed E-state index contributed by atoms with van der Waals surface area (Å²) in [6.07, 6.45) is -0.0429. The average molecular weight is 476 g/mol. The van der Waals surface area contributed by atoms with Crippen molar-refractivity contribution in [2.75, 3.05) is 5.32 Å². The summed E-state index contributed by atoms with van der Waals surface area (Å²) in [5.74, 6) is 0.959. The molecule has 0 bridgehead atoms. The Hall–Kier alpha value is -3.34. The monoisotopic (exact) mass is 475 g/mol. The van der Waals surface area contributed by atoms with Crippen molar-refractivity contribution in [1.29, 1.82) is 0 Å². The fraction of sp³-hybridized carbons (Fsp3) is 0.105. The van der Waals surface area contributed by atoms with Crippen LogP contribution < -0.4 is 5.32 Å². The second kappa shape index (κ2) is 7.82. The molecular formula is C19H13BrF3N7. The molecule has 4 aromatic rings. The zero-order valence-corrected chi connectivity index (χ0v) is 17.0. The van der Waals surface area contributed by atoms with E-state index in [1.165, 1.54) is 4.68 Å². The number of rotatable bonds is 4. The number of nitrogens with one attached hydrogen (secondary N) is 1. The molecule has 0 unspecified atom stereocenters. The lowest BCUT2D eigenvalue weighted by molar-refractivity contribution is -0.137. The highest BCUT2D eigenvalue weighted by molar-refractivity contribution is 9.10. The molecular weight excluding hydrogens is 463 g/mol. The van der Waals surface area contributed by atoms with Crippen molar-refractivity contribution in [2.24, 2.45) is 0 Å². The van der Waals surface area contributed by atoms with Crippen LogP contribution in [-0.4, -0.2) is 29.9 Å². The van der Waals surface area contributed by atoms with E-state index >= 15 is 0 Å². The predicted molar refractivity (Wildman–Crippen MR) is 107 cm³/mol. The molecule has 0 radical (unpaired) electrons. The zero-order chi connectivity index (χ0) is 21.3. The molecule has 0 aliphatic heterocycles. The molecule has 0 amide bonds. The number of aromatic nitrogens is 6. The van der Waals surface area contributed by atoms with Crippen molar-refractivity contribution in [3.8, 4) is 17.2 Å². The molecule has 0 aromatic carbocycles. The van der Waals surface area contributed by atoms with Gasteiger partial charge in [-0.15, -0.1) is 5.10 Å². The maximum absolute atomic E-state index is 12.9. The van der Waals surface area contributed by atoms with Crippen molar-refractivity contribution in [2.45, 2.75) is 13.1 Å². The molecule has 0 saturated heterocycles. The summed E-state index contributed by atoms with van der Waals surface area (Å²) in [6.45, 7) is 1.84. The SMILES string of the molecule is Cc1cc(Nc2cc(C(F)(F)F)ccn2)nc(-c2cn(-c3ccc(Br)cn3)nn2)c1. The smallest absolute Gasteiger partial charge is 0.325 e. The van der Waals surface area contributed by atoms with Gasteiger partial charge in [0.1, 0.15) is 17.3 Å². The summed E-state index contributed by atoms with van der Waals surface area (Å²) in [5, 5.41) is 11.0. The van der Waals surface area contributed by atoms with Gasteiger partial charge in [0.15, 0.2) is 5.82 Å². The number of aryl methyl sites for hydroxylation is 1. The lowest BCUT2D eigenvalue weighted by atomic mass is 10.2. The number of pyridine rings is 3. The second-order valence-electron chi connectivity index (χ2n) is 6.35. The third-order valence-corrected chi connectivity index (χ3v) is 4.48. The van der Waals surface area contributed by atoms with Crippen molar-refractivity contribution < 1.29 is 13.2 Å². The first-order valence-electron chi connectivity index (χ1n) is 8.61. The lowest BCUT2D eigenvalue weighted by Crippen LogP contribution is -2.06. The van der Waals surface area contributed by atoms with Gasteiger partial charge in [0.2, 0.25) is 0 Å². The minimum Gasteiger partial charge on any atom is -0.325 e. The van der Waals surface area contributed by atoms with Gasteiger partial charge in [-0.05, 0) is 64.8 Å². The summed E-state index contributed by atoms with van der Waals surface area (Å²) in [7, 11) is 0. The summed E-state index contributed by atoms with van der Waals surface area (Å²) in [5.41, 5.74) is 1.04. The van der Waals surface area contributed by atoms with E-state index in [0.29, 0.717) is 23.0 Å². The Morgan fingerprint density at radius 3 is 2.57 bits per heavy atom. The van der Waals surface area contributed by atoms with E-state index in [1.807, 2.05) is 13.0 Å². The van der Waals surface area contributed by atoms with Gasteiger partial charge in [-0.1, -0.05) is 5.21 Å². The van der Waals surface area contributed by atoms with Crippen LogP contribution in [0.5, 0.6) is 0 Å². The molecule has 0 aliphatic carbocycles. The quantitative estimate of drug-likeness (QED) is 0.449. The largest absolute Gasteiger partial charge is 0.416 e. The number of halogens is 4. The zero-order valence-electron chi connectivity index (χ0n) is 15.4. The van der Waals surface area contributed by atoms with Crippen molar-refractivity contribution in [1.82, 2.24) is 29.9 Å². The van der Waals surface area contributed by atoms with E-state index in [4.69, 9.17) is 0 Å². The summed E-state index contributed by atoms with van der Waals surface area (Å²) < 4.78 is 41.1. The van der Waals surface area contributed by atoms with Gasteiger partial charge < -0.3 is 5.32 Å². The first-order valence-corrected chi connectivity index (χ1v) is 9.41. The number of anilines is 2. The fourth-order valence-electron chi connectivity index (χ4n) is 2.67. The third-order valence-electron chi connectivity index (χ3n) is 4.02. The van der Waals surface area contributed by atoms with Gasteiger partial charge in [-0.3, -0.25) is 0 Å². The van der Waals surface area contributed by atoms with Crippen LogP contribution in [0.1, 0.15) is 11.1 Å². The number of alkyl halides is 3. The average Bonchev–Trinajstić information content (AvgIpc) is 3.18. The fourth-order valence-corrected chi connectivity index (χ4v) is 2.90. The molecule has 11 heteroatoms. The molecule has 0 spiro atoms. The summed E-state index contributed by atoms with van der Waals surface area (Å²) in [4.78, 5) is 12.6. The van der Waals surface area contributed by atoms with Gasteiger partial charge in [-0.2, -0.15) is 13.2 Å². The highest BCUT2D eigenvalue weighted by Gasteiger charge is 2.30. The Labute approximate surface area is 177 Å². The molecule has 0 fully saturated rings.